The van der Waals surface area contributed by atoms with Crippen molar-refractivity contribution in [3.05, 3.63) is 0 Å². The molecular formula is C11H22F2S2. The summed E-state index contributed by atoms with van der Waals surface area (Å²) in [5.41, 5.74) is 0. The van der Waals surface area contributed by atoms with Gasteiger partial charge in [0, 0.05) is 0 Å². The van der Waals surface area contributed by atoms with Crippen molar-refractivity contribution < 1.29 is 8.78 Å². The molecule has 92 valence electrons. The van der Waals surface area contributed by atoms with Crippen molar-refractivity contribution in [2.75, 3.05) is 6.26 Å². The van der Waals surface area contributed by atoms with E-state index < -0.39 is 11.7 Å². The third kappa shape index (κ3) is 7.45. The van der Waals surface area contributed by atoms with Crippen molar-refractivity contribution in [2.45, 2.75) is 57.6 Å². The third-order valence-corrected chi connectivity index (χ3v) is 4.86. The molecule has 2 atom stereocenters. The standard InChI is InChI=1S/C11H22F2S2/c1-4-5-6-7-8-9(2)10(11(12)13)15-14-3/h9-11H,4-8H2,1-3H3/t9?,10-/m1/s1. The largest absolute Gasteiger partial charge is 0.251 e. The fraction of sp³-hybridized carbons (Fsp3) is 1.00. The first-order valence-corrected chi connectivity index (χ1v) is 8.23. The van der Waals surface area contributed by atoms with E-state index in [1.165, 1.54) is 40.9 Å². The lowest BCUT2D eigenvalue weighted by Crippen LogP contribution is -2.22. The first-order valence-electron chi connectivity index (χ1n) is 5.61. The van der Waals surface area contributed by atoms with Crippen molar-refractivity contribution in [2.24, 2.45) is 5.92 Å². The molecule has 0 saturated carbocycles. The maximum absolute atomic E-state index is 12.7. The van der Waals surface area contributed by atoms with E-state index in [-0.39, 0.29) is 5.92 Å². The predicted octanol–water partition coefficient (Wildman–Crippen LogP) is 5.24. The molecule has 0 rings (SSSR count). The molecule has 0 nitrogen and oxygen atoms in total. The fourth-order valence-corrected chi connectivity index (χ4v) is 3.67. The van der Waals surface area contributed by atoms with Gasteiger partial charge in [-0.2, -0.15) is 0 Å². The topological polar surface area (TPSA) is 0 Å². The Hall–Kier alpha value is 0.560. The Morgan fingerprint density at radius 1 is 1.13 bits per heavy atom. The van der Waals surface area contributed by atoms with Gasteiger partial charge in [-0.15, -0.1) is 0 Å². The zero-order valence-electron chi connectivity index (χ0n) is 9.84. The first kappa shape index (κ1) is 15.6. The van der Waals surface area contributed by atoms with Crippen LogP contribution in [0.25, 0.3) is 0 Å². The number of unbranched alkanes of at least 4 members (excludes halogenated alkanes) is 3. The number of alkyl halides is 2. The molecule has 0 heterocycles. The van der Waals surface area contributed by atoms with E-state index in [0.29, 0.717) is 0 Å². The van der Waals surface area contributed by atoms with Crippen LogP contribution in [0.15, 0.2) is 0 Å². The molecule has 0 aliphatic rings. The van der Waals surface area contributed by atoms with Gasteiger partial charge in [-0.3, -0.25) is 0 Å². The third-order valence-electron chi connectivity index (χ3n) is 2.53. The van der Waals surface area contributed by atoms with Crippen LogP contribution in [0.5, 0.6) is 0 Å². The minimum absolute atomic E-state index is 0.124. The van der Waals surface area contributed by atoms with Crippen LogP contribution in [0.1, 0.15) is 46.0 Å². The van der Waals surface area contributed by atoms with Gasteiger partial charge in [-0.05, 0) is 18.6 Å². The van der Waals surface area contributed by atoms with Gasteiger partial charge in [-0.25, -0.2) is 8.78 Å². The van der Waals surface area contributed by atoms with Gasteiger partial charge >= 0.3 is 0 Å². The summed E-state index contributed by atoms with van der Waals surface area (Å²) in [6.45, 7) is 4.11. The lowest BCUT2D eigenvalue weighted by molar-refractivity contribution is 0.124. The molecular weight excluding hydrogens is 234 g/mol. The molecule has 0 bridgehead atoms. The molecule has 0 amide bonds. The summed E-state index contributed by atoms with van der Waals surface area (Å²) >= 11 is 0. The highest BCUT2D eigenvalue weighted by Gasteiger charge is 2.26. The summed E-state index contributed by atoms with van der Waals surface area (Å²) in [6, 6.07) is 0. The second kappa shape index (κ2) is 9.76. The monoisotopic (exact) mass is 256 g/mol. The average molecular weight is 256 g/mol. The number of hydrogen-bond acceptors (Lipinski definition) is 2. The van der Waals surface area contributed by atoms with Crippen molar-refractivity contribution in [3.8, 4) is 0 Å². The molecule has 0 aromatic heterocycles. The normalized spacial score (nSPS) is 15.6. The van der Waals surface area contributed by atoms with Crippen LogP contribution in [0.4, 0.5) is 8.78 Å². The van der Waals surface area contributed by atoms with Gasteiger partial charge in [0.15, 0.2) is 0 Å². The lowest BCUT2D eigenvalue weighted by Gasteiger charge is -2.21. The van der Waals surface area contributed by atoms with Gasteiger partial charge in [0.05, 0.1) is 5.25 Å². The van der Waals surface area contributed by atoms with E-state index in [4.69, 9.17) is 0 Å². The van der Waals surface area contributed by atoms with Gasteiger partial charge < -0.3 is 0 Å². The molecule has 0 aliphatic carbocycles. The van der Waals surface area contributed by atoms with Crippen LogP contribution in [0.3, 0.4) is 0 Å². The van der Waals surface area contributed by atoms with Crippen LogP contribution in [-0.2, 0) is 0 Å². The van der Waals surface area contributed by atoms with Crippen LogP contribution < -0.4 is 0 Å². The molecule has 0 saturated heterocycles. The van der Waals surface area contributed by atoms with Gasteiger partial charge in [0.25, 0.3) is 6.43 Å². The van der Waals surface area contributed by atoms with Crippen LogP contribution in [0, 0.1) is 5.92 Å². The van der Waals surface area contributed by atoms with Crippen LogP contribution >= 0.6 is 21.6 Å². The molecule has 0 aromatic rings. The van der Waals surface area contributed by atoms with E-state index >= 15 is 0 Å². The van der Waals surface area contributed by atoms with Gasteiger partial charge in [0.2, 0.25) is 0 Å². The Morgan fingerprint density at radius 2 is 1.80 bits per heavy atom. The minimum atomic E-state index is -2.19. The number of halogens is 2. The molecule has 0 fully saturated rings. The summed E-state index contributed by atoms with van der Waals surface area (Å²) in [4.78, 5) is 0. The summed E-state index contributed by atoms with van der Waals surface area (Å²) in [7, 11) is 2.77. The maximum Gasteiger partial charge on any atom is 0.251 e. The highest BCUT2D eigenvalue weighted by atomic mass is 33.1. The van der Waals surface area contributed by atoms with Crippen molar-refractivity contribution in [3.63, 3.8) is 0 Å². The highest BCUT2D eigenvalue weighted by molar-refractivity contribution is 8.76. The molecule has 4 heteroatoms. The SMILES string of the molecule is CCCCCCC(C)[C@@H](SSC)C(F)F. The minimum Gasteiger partial charge on any atom is -0.209 e. The lowest BCUT2D eigenvalue weighted by atomic mass is 9.99. The molecule has 15 heavy (non-hydrogen) atoms. The summed E-state index contributed by atoms with van der Waals surface area (Å²) in [6.07, 6.45) is 5.30. The summed E-state index contributed by atoms with van der Waals surface area (Å²) in [5, 5.41) is -0.498. The second-order valence-corrected chi connectivity index (χ2v) is 6.54. The van der Waals surface area contributed by atoms with Crippen LogP contribution in [-0.4, -0.2) is 17.9 Å². The van der Waals surface area contributed by atoms with E-state index in [0.717, 1.165) is 12.8 Å². The van der Waals surface area contributed by atoms with Gasteiger partial charge in [-0.1, -0.05) is 61.1 Å². The number of rotatable bonds is 9. The molecule has 0 radical (unpaired) electrons. The number of hydrogen-bond donors (Lipinski definition) is 0. The predicted molar refractivity (Wildman–Crippen MR) is 68.8 cm³/mol. The molecule has 0 N–H and O–H groups in total. The smallest absolute Gasteiger partial charge is 0.209 e. The van der Waals surface area contributed by atoms with Gasteiger partial charge in [0.1, 0.15) is 0 Å². The molecule has 1 unspecified atom stereocenters. The molecule has 0 aromatic carbocycles. The Morgan fingerprint density at radius 3 is 2.27 bits per heavy atom. The zero-order chi connectivity index (χ0) is 11.7. The second-order valence-electron chi connectivity index (χ2n) is 3.89. The van der Waals surface area contributed by atoms with E-state index in [1.807, 2.05) is 13.2 Å². The van der Waals surface area contributed by atoms with E-state index in [9.17, 15) is 8.78 Å². The van der Waals surface area contributed by atoms with Crippen molar-refractivity contribution in [1.82, 2.24) is 0 Å². The van der Waals surface area contributed by atoms with E-state index in [2.05, 4.69) is 6.92 Å². The van der Waals surface area contributed by atoms with Crippen LogP contribution in [0.2, 0.25) is 0 Å². The maximum atomic E-state index is 12.7. The summed E-state index contributed by atoms with van der Waals surface area (Å²) < 4.78 is 25.4. The Bertz CT molecular complexity index is 143. The quantitative estimate of drug-likeness (QED) is 0.409. The highest BCUT2D eigenvalue weighted by Crippen LogP contribution is 2.35. The average Bonchev–Trinajstić information content (AvgIpc) is 2.20. The fourth-order valence-electron chi connectivity index (χ4n) is 1.55. The van der Waals surface area contributed by atoms with E-state index in [1.54, 1.807) is 0 Å². The zero-order valence-corrected chi connectivity index (χ0v) is 11.5. The Labute approximate surface area is 100 Å². The first-order chi connectivity index (χ1) is 7.13. The summed E-state index contributed by atoms with van der Waals surface area (Å²) in [5.74, 6) is 0.124. The Balaban J connectivity index is 3.76. The Kier molecular flexibility index (Phi) is 10.1. The van der Waals surface area contributed by atoms with Crippen molar-refractivity contribution in [1.29, 1.82) is 0 Å². The van der Waals surface area contributed by atoms with Crippen molar-refractivity contribution >= 4 is 21.6 Å². The molecule has 0 aliphatic heterocycles. The molecule has 0 spiro atoms.